The fourth-order valence-electron chi connectivity index (χ4n) is 3.03. The molecule has 6 nitrogen and oxygen atoms in total. The van der Waals surface area contributed by atoms with Crippen molar-refractivity contribution >= 4 is 39.8 Å². The second-order valence-electron chi connectivity index (χ2n) is 6.65. The van der Waals surface area contributed by atoms with Crippen molar-refractivity contribution in [2.24, 2.45) is 0 Å². The highest BCUT2D eigenvalue weighted by Crippen LogP contribution is 2.38. The van der Waals surface area contributed by atoms with Gasteiger partial charge in [-0.1, -0.05) is 11.6 Å². The lowest BCUT2D eigenvalue weighted by molar-refractivity contribution is -0.116. The van der Waals surface area contributed by atoms with Gasteiger partial charge in [-0.25, -0.2) is 4.79 Å². The van der Waals surface area contributed by atoms with E-state index in [-0.39, 0.29) is 24.5 Å². The van der Waals surface area contributed by atoms with Crippen molar-refractivity contribution in [2.75, 3.05) is 5.32 Å². The molecule has 140 valence electrons. The van der Waals surface area contributed by atoms with Crippen molar-refractivity contribution in [2.45, 2.75) is 59.1 Å². The Morgan fingerprint density at radius 3 is 2.77 bits per heavy atom. The van der Waals surface area contributed by atoms with E-state index in [9.17, 15) is 9.59 Å². The topological polar surface area (TPSA) is 73.2 Å². The van der Waals surface area contributed by atoms with E-state index in [1.54, 1.807) is 6.92 Å². The number of hydrogen-bond donors (Lipinski definition) is 1. The summed E-state index contributed by atoms with van der Waals surface area (Å²) in [5.41, 5.74) is 2.27. The van der Waals surface area contributed by atoms with Crippen LogP contribution in [0.25, 0.3) is 0 Å². The summed E-state index contributed by atoms with van der Waals surface area (Å²) in [7, 11) is 0. The van der Waals surface area contributed by atoms with Crippen LogP contribution in [0.3, 0.4) is 0 Å². The van der Waals surface area contributed by atoms with Crippen LogP contribution in [0.2, 0.25) is 5.02 Å². The number of aromatic nitrogens is 2. The number of nitrogens with zero attached hydrogens (tertiary/aromatic N) is 2. The number of halogens is 1. The summed E-state index contributed by atoms with van der Waals surface area (Å²) in [5, 5.41) is 8.07. The van der Waals surface area contributed by atoms with Crippen molar-refractivity contribution in [1.29, 1.82) is 0 Å². The number of amides is 1. The molecule has 0 radical (unpaired) electrons. The fourth-order valence-corrected chi connectivity index (χ4v) is 4.46. The maximum Gasteiger partial charge on any atom is 0.341 e. The van der Waals surface area contributed by atoms with Gasteiger partial charge in [0.05, 0.1) is 28.6 Å². The molecule has 0 aromatic carbocycles. The average molecular weight is 396 g/mol. The van der Waals surface area contributed by atoms with Crippen molar-refractivity contribution in [3.63, 3.8) is 0 Å². The highest BCUT2D eigenvalue weighted by atomic mass is 35.5. The Kier molecular flexibility index (Phi) is 5.67. The molecule has 2 aromatic rings. The van der Waals surface area contributed by atoms with Gasteiger partial charge in [-0.3, -0.25) is 9.48 Å². The summed E-state index contributed by atoms with van der Waals surface area (Å²) in [5.74, 6) is -0.613. The van der Waals surface area contributed by atoms with Crippen LogP contribution in [0.4, 0.5) is 5.00 Å². The quantitative estimate of drug-likeness (QED) is 0.777. The zero-order valence-electron chi connectivity index (χ0n) is 15.1. The Balaban J connectivity index is 1.84. The van der Waals surface area contributed by atoms with Crippen molar-refractivity contribution < 1.29 is 14.3 Å². The lowest BCUT2D eigenvalue weighted by Crippen LogP contribution is -2.22. The van der Waals surface area contributed by atoms with E-state index in [0.29, 0.717) is 15.6 Å². The number of carbonyl (C=O) groups is 2. The summed E-state index contributed by atoms with van der Waals surface area (Å²) < 4.78 is 6.94. The molecule has 0 spiro atoms. The summed E-state index contributed by atoms with van der Waals surface area (Å²) in [6.45, 7) is 5.48. The number of nitrogens with one attached hydrogen (secondary N) is 1. The van der Waals surface area contributed by atoms with E-state index in [1.807, 2.05) is 13.8 Å². The average Bonchev–Trinajstić information content (AvgIpc) is 3.08. The van der Waals surface area contributed by atoms with Gasteiger partial charge in [0.15, 0.2) is 0 Å². The van der Waals surface area contributed by atoms with Gasteiger partial charge in [0.2, 0.25) is 5.91 Å². The third-order valence-corrected chi connectivity index (χ3v) is 5.89. The van der Waals surface area contributed by atoms with Crippen LogP contribution in [-0.4, -0.2) is 27.8 Å². The Morgan fingerprint density at radius 1 is 1.38 bits per heavy atom. The van der Waals surface area contributed by atoms with Gasteiger partial charge in [-0.2, -0.15) is 5.10 Å². The number of esters is 1. The summed E-state index contributed by atoms with van der Waals surface area (Å²) in [6.07, 6.45) is 5.23. The standard InChI is InChI=1S/C18H22ClN3O3S/c1-10(2)25-18(24)16-12-6-4-5-7-14(12)26-17(16)21-15(23)9-22-11(3)13(19)8-20-22/h8,10H,4-7,9H2,1-3H3,(H,21,23). The second-order valence-corrected chi connectivity index (χ2v) is 8.17. The van der Waals surface area contributed by atoms with Crippen LogP contribution >= 0.6 is 22.9 Å². The van der Waals surface area contributed by atoms with E-state index in [1.165, 1.54) is 27.1 Å². The Labute approximate surface area is 161 Å². The van der Waals surface area contributed by atoms with Crippen LogP contribution in [0, 0.1) is 6.92 Å². The normalized spacial score (nSPS) is 13.6. The number of fused-ring (bicyclic) bond motifs is 1. The van der Waals surface area contributed by atoms with Gasteiger partial charge in [-0.15, -0.1) is 11.3 Å². The molecular weight excluding hydrogens is 374 g/mol. The monoisotopic (exact) mass is 395 g/mol. The SMILES string of the molecule is Cc1c(Cl)cnn1CC(=O)Nc1sc2c(c1C(=O)OC(C)C)CCCC2. The van der Waals surface area contributed by atoms with Gasteiger partial charge in [0, 0.05) is 4.88 Å². The first-order valence-electron chi connectivity index (χ1n) is 8.70. The highest BCUT2D eigenvalue weighted by molar-refractivity contribution is 7.17. The van der Waals surface area contributed by atoms with E-state index >= 15 is 0 Å². The molecule has 3 rings (SSSR count). The molecule has 2 heterocycles. The molecule has 0 atom stereocenters. The molecule has 1 aliphatic rings. The van der Waals surface area contributed by atoms with Crippen LogP contribution in [-0.2, 0) is 28.9 Å². The lowest BCUT2D eigenvalue weighted by Gasteiger charge is -2.14. The summed E-state index contributed by atoms with van der Waals surface area (Å²) >= 11 is 7.46. The molecule has 0 aliphatic heterocycles. The summed E-state index contributed by atoms with van der Waals surface area (Å²) in [6, 6.07) is 0. The van der Waals surface area contributed by atoms with E-state index < -0.39 is 0 Å². The molecule has 0 saturated heterocycles. The number of aryl methyl sites for hydroxylation is 1. The van der Waals surface area contributed by atoms with Gasteiger partial charge in [0.25, 0.3) is 0 Å². The maximum absolute atomic E-state index is 12.6. The van der Waals surface area contributed by atoms with Crippen LogP contribution < -0.4 is 5.32 Å². The number of anilines is 1. The minimum atomic E-state index is -0.368. The van der Waals surface area contributed by atoms with Gasteiger partial charge < -0.3 is 10.1 Å². The first kappa shape index (κ1) is 18.9. The minimum absolute atomic E-state index is 0.0415. The first-order chi connectivity index (χ1) is 12.4. The molecule has 0 bridgehead atoms. The van der Waals surface area contributed by atoms with Crippen molar-refractivity contribution in [3.05, 3.63) is 32.9 Å². The van der Waals surface area contributed by atoms with Gasteiger partial charge >= 0.3 is 5.97 Å². The fraction of sp³-hybridized carbons (Fsp3) is 0.500. The lowest BCUT2D eigenvalue weighted by atomic mass is 9.95. The largest absolute Gasteiger partial charge is 0.459 e. The predicted molar refractivity (Wildman–Crippen MR) is 102 cm³/mol. The molecule has 26 heavy (non-hydrogen) atoms. The molecular formula is C18H22ClN3O3S. The molecule has 8 heteroatoms. The van der Waals surface area contributed by atoms with E-state index in [0.717, 1.165) is 36.9 Å². The third-order valence-electron chi connectivity index (χ3n) is 4.31. The zero-order chi connectivity index (χ0) is 18.8. The van der Waals surface area contributed by atoms with Crippen LogP contribution in [0.5, 0.6) is 0 Å². The van der Waals surface area contributed by atoms with Gasteiger partial charge in [-0.05, 0) is 52.0 Å². The highest BCUT2D eigenvalue weighted by Gasteiger charge is 2.28. The Bertz CT molecular complexity index is 841. The van der Waals surface area contributed by atoms with Crippen molar-refractivity contribution in [3.8, 4) is 0 Å². The maximum atomic E-state index is 12.6. The molecule has 2 aromatic heterocycles. The van der Waals surface area contributed by atoms with Gasteiger partial charge in [0.1, 0.15) is 11.5 Å². The number of carbonyl (C=O) groups excluding carboxylic acids is 2. The second kappa shape index (κ2) is 7.80. The third kappa shape index (κ3) is 3.94. The molecule has 0 saturated carbocycles. The number of ether oxygens (including phenoxy) is 1. The molecule has 0 fully saturated rings. The van der Waals surface area contributed by atoms with E-state index in [4.69, 9.17) is 16.3 Å². The Hall–Kier alpha value is -1.86. The molecule has 1 amide bonds. The van der Waals surface area contributed by atoms with Crippen LogP contribution in [0.15, 0.2) is 6.20 Å². The predicted octanol–water partition coefficient (Wildman–Crippen LogP) is 3.99. The smallest absolute Gasteiger partial charge is 0.341 e. The molecule has 1 N–H and O–H groups in total. The number of hydrogen-bond acceptors (Lipinski definition) is 5. The van der Waals surface area contributed by atoms with E-state index in [2.05, 4.69) is 10.4 Å². The number of thiophene rings is 1. The molecule has 0 unspecified atom stereocenters. The number of rotatable bonds is 5. The first-order valence-corrected chi connectivity index (χ1v) is 9.89. The Morgan fingerprint density at radius 2 is 2.12 bits per heavy atom. The summed E-state index contributed by atoms with van der Waals surface area (Å²) in [4.78, 5) is 26.3. The minimum Gasteiger partial charge on any atom is -0.459 e. The molecule has 1 aliphatic carbocycles. The van der Waals surface area contributed by atoms with Crippen LogP contribution in [0.1, 0.15) is 53.2 Å². The zero-order valence-corrected chi connectivity index (χ0v) is 16.7. The van der Waals surface area contributed by atoms with Crippen molar-refractivity contribution in [1.82, 2.24) is 9.78 Å².